The van der Waals surface area contributed by atoms with Gasteiger partial charge in [0.15, 0.2) is 18.1 Å². The van der Waals surface area contributed by atoms with E-state index in [-0.39, 0.29) is 0 Å². The molecule has 5 atom stereocenters. The van der Waals surface area contributed by atoms with Gasteiger partial charge < -0.3 is 30.1 Å². The molecule has 1 aliphatic rings. The van der Waals surface area contributed by atoms with Crippen molar-refractivity contribution >= 4 is 10.9 Å². The van der Waals surface area contributed by atoms with E-state index in [9.17, 15) is 20.4 Å². The molecule has 3 aromatic rings. The highest BCUT2D eigenvalue weighted by molar-refractivity contribution is 5.88. The second-order valence-corrected chi connectivity index (χ2v) is 8.47. The molecule has 4 rings (SSSR count). The molecule has 1 saturated heterocycles. The number of nitrogens with zero attached hydrogens (tertiary/aromatic N) is 1. The maximum atomic E-state index is 10.3. The molecule has 0 amide bonds. The van der Waals surface area contributed by atoms with Crippen LogP contribution in [0.3, 0.4) is 0 Å². The average Bonchev–Trinajstić information content (AvgIpc) is 3.19. The summed E-state index contributed by atoms with van der Waals surface area (Å²) in [6.07, 6.45) is -4.34. The molecular weight excluding hydrogens is 428 g/mol. The first-order valence-electron chi connectivity index (χ1n) is 11.1. The van der Waals surface area contributed by atoms with Crippen LogP contribution in [0.25, 0.3) is 10.9 Å². The number of aromatic nitrogens is 2. The zero-order valence-corrected chi connectivity index (χ0v) is 18.6. The molecular formula is C24H30N2O7. The van der Waals surface area contributed by atoms with E-state index in [1.807, 2.05) is 13.0 Å². The lowest BCUT2D eigenvalue weighted by molar-refractivity contribution is -0.364. The summed E-state index contributed by atoms with van der Waals surface area (Å²) in [5, 5.41) is 47.9. The van der Waals surface area contributed by atoms with Crippen LogP contribution in [0.1, 0.15) is 35.7 Å². The van der Waals surface area contributed by atoms with Crippen molar-refractivity contribution in [2.45, 2.75) is 63.8 Å². The summed E-state index contributed by atoms with van der Waals surface area (Å²) in [6, 6.07) is 12.1. The van der Waals surface area contributed by atoms with E-state index in [4.69, 9.17) is 14.5 Å². The molecule has 178 valence electrons. The molecule has 2 aromatic carbocycles. The Kier molecular flexibility index (Phi) is 7.28. The van der Waals surface area contributed by atoms with Crippen LogP contribution in [0.4, 0.5) is 0 Å². The fourth-order valence-electron chi connectivity index (χ4n) is 4.10. The van der Waals surface area contributed by atoms with E-state index >= 15 is 0 Å². The Balaban J connectivity index is 1.56. The van der Waals surface area contributed by atoms with E-state index in [1.165, 1.54) is 5.56 Å². The monoisotopic (exact) mass is 458 g/mol. The summed E-state index contributed by atoms with van der Waals surface area (Å²) in [4.78, 5) is 10.9. The summed E-state index contributed by atoms with van der Waals surface area (Å²) < 4.78 is 5.12. The second-order valence-electron chi connectivity index (χ2n) is 8.47. The minimum absolute atomic E-state index is 0.356. The van der Waals surface area contributed by atoms with Gasteiger partial charge in [0.25, 0.3) is 0 Å². The highest BCUT2D eigenvalue weighted by atomic mass is 17.2. The predicted molar refractivity (Wildman–Crippen MR) is 120 cm³/mol. The molecule has 1 fully saturated rings. The highest BCUT2D eigenvalue weighted by Crippen LogP contribution is 2.32. The first kappa shape index (κ1) is 23.6. The fourth-order valence-corrected chi connectivity index (χ4v) is 4.10. The largest absolute Gasteiger partial charge is 0.394 e. The van der Waals surface area contributed by atoms with Crippen molar-refractivity contribution in [1.29, 1.82) is 0 Å². The van der Waals surface area contributed by atoms with Gasteiger partial charge in [0.1, 0.15) is 18.3 Å². The van der Waals surface area contributed by atoms with Crippen LogP contribution < -0.4 is 4.89 Å². The molecule has 1 aromatic heterocycles. The molecule has 0 aliphatic carbocycles. The third-order valence-electron chi connectivity index (χ3n) is 5.87. The Labute approximate surface area is 191 Å². The Hall–Kier alpha value is -2.53. The van der Waals surface area contributed by atoms with Gasteiger partial charge in [0.2, 0.25) is 0 Å². The van der Waals surface area contributed by atoms with Gasteiger partial charge in [-0.05, 0) is 42.2 Å². The number of ether oxygens (including phenoxy) is 1. The average molecular weight is 459 g/mol. The number of H-pyrrole nitrogens is 1. The van der Waals surface area contributed by atoms with Crippen molar-refractivity contribution in [3.63, 3.8) is 0 Å². The van der Waals surface area contributed by atoms with Gasteiger partial charge in [-0.1, -0.05) is 37.6 Å². The smallest absolute Gasteiger partial charge is 0.188 e. The Morgan fingerprint density at radius 2 is 1.79 bits per heavy atom. The van der Waals surface area contributed by atoms with E-state index in [0.717, 1.165) is 35.2 Å². The number of aromatic amines is 1. The van der Waals surface area contributed by atoms with Gasteiger partial charge in [-0.2, -0.15) is 9.99 Å². The summed E-state index contributed by atoms with van der Waals surface area (Å²) in [7, 11) is 0. The Bertz CT molecular complexity index is 1070. The summed E-state index contributed by atoms with van der Waals surface area (Å²) in [5.41, 5.74) is 4.79. The van der Waals surface area contributed by atoms with Crippen LogP contribution in [-0.4, -0.2) is 67.9 Å². The predicted octanol–water partition coefficient (Wildman–Crippen LogP) is 1.52. The SMILES string of the molecule is CCCc1ccc(Cc2n[nH]c3cc(C)cc(OO[C@@H]4[C@@H](O)[C@H](O)[C@@H](CO)O[C@H]4O)c23)cc1. The molecule has 9 nitrogen and oxygen atoms in total. The Morgan fingerprint density at radius 1 is 1.06 bits per heavy atom. The van der Waals surface area contributed by atoms with Crippen molar-refractivity contribution in [3.05, 3.63) is 58.8 Å². The fraction of sp³-hybridized carbons (Fsp3) is 0.458. The maximum Gasteiger partial charge on any atom is 0.188 e. The standard InChI is InChI=1S/C24H30N2O7/c1-3-4-14-5-7-15(8-6-14)11-17-20-16(25-26-17)9-13(2)10-18(20)32-33-23-22(29)21(28)19(12-27)31-24(23)30/h5-10,19,21-24,27-30H,3-4,11-12H2,1-2H3,(H,25,26)/t19-,21-,22+,23-,24-/m1/s1. The molecule has 9 heteroatoms. The summed E-state index contributed by atoms with van der Waals surface area (Å²) in [5.74, 6) is 0.356. The van der Waals surface area contributed by atoms with Crippen LogP contribution in [-0.2, 0) is 22.5 Å². The third kappa shape index (κ3) is 5.03. The molecule has 5 N–H and O–H groups in total. The van der Waals surface area contributed by atoms with Gasteiger partial charge in [-0.15, -0.1) is 0 Å². The number of hydrogen-bond donors (Lipinski definition) is 5. The lowest BCUT2D eigenvalue weighted by Crippen LogP contribution is -2.59. The molecule has 1 aliphatic heterocycles. The molecule has 0 radical (unpaired) electrons. The topological polar surface area (TPSA) is 137 Å². The third-order valence-corrected chi connectivity index (χ3v) is 5.87. The van der Waals surface area contributed by atoms with E-state index in [2.05, 4.69) is 41.4 Å². The van der Waals surface area contributed by atoms with Crippen molar-refractivity contribution in [1.82, 2.24) is 10.2 Å². The van der Waals surface area contributed by atoms with Gasteiger partial charge in [-0.25, -0.2) is 0 Å². The van der Waals surface area contributed by atoms with E-state index < -0.39 is 37.3 Å². The Morgan fingerprint density at radius 3 is 2.48 bits per heavy atom. The molecule has 2 heterocycles. The van der Waals surface area contributed by atoms with Crippen LogP contribution in [0.15, 0.2) is 36.4 Å². The number of aliphatic hydroxyl groups excluding tert-OH is 4. The van der Waals surface area contributed by atoms with Crippen molar-refractivity contribution in [2.24, 2.45) is 0 Å². The van der Waals surface area contributed by atoms with Crippen LogP contribution in [0.2, 0.25) is 0 Å². The normalized spacial score (nSPS) is 25.5. The maximum absolute atomic E-state index is 10.3. The van der Waals surface area contributed by atoms with Gasteiger partial charge >= 0.3 is 0 Å². The molecule has 33 heavy (non-hydrogen) atoms. The number of aliphatic hydroxyl groups is 4. The van der Waals surface area contributed by atoms with Crippen LogP contribution in [0.5, 0.6) is 5.75 Å². The molecule has 0 bridgehead atoms. The van der Waals surface area contributed by atoms with E-state index in [1.54, 1.807) is 6.07 Å². The number of benzene rings is 2. The zero-order valence-electron chi connectivity index (χ0n) is 18.6. The number of hydrogen-bond acceptors (Lipinski definition) is 8. The van der Waals surface area contributed by atoms with Crippen LogP contribution in [0, 0.1) is 6.92 Å². The quantitative estimate of drug-likeness (QED) is 0.253. The number of fused-ring (bicyclic) bond motifs is 1. The van der Waals surface area contributed by atoms with Gasteiger partial charge in [0.05, 0.1) is 23.2 Å². The number of nitrogens with one attached hydrogen (secondary N) is 1. The van der Waals surface area contributed by atoms with Crippen LogP contribution >= 0.6 is 0 Å². The lowest BCUT2D eigenvalue weighted by atomic mass is 9.99. The lowest BCUT2D eigenvalue weighted by Gasteiger charge is -2.38. The molecule has 0 saturated carbocycles. The minimum atomic E-state index is -1.59. The number of rotatable bonds is 8. The summed E-state index contributed by atoms with van der Waals surface area (Å²) in [6.45, 7) is 3.49. The van der Waals surface area contributed by atoms with Gasteiger partial charge in [0, 0.05) is 6.42 Å². The minimum Gasteiger partial charge on any atom is -0.394 e. The van der Waals surface area contributed by atoms with Gasteiger partial charge in [-0.3, -0.25) is 5.10 Å². The molecule has 0 unspecified atom stereocenters. The van der Waals surface area contributed by atoms with E-state index in [0.29, 0.717) is 17.6 Å². The zero-order chi connectivity index (χ0) is 23.5. The second kappa shape index (κ2) is 10.2. The van der Waals surface area contributed by atoms with Crippen molar-refractivity contribution in [3.8, 4) is 5.75 Å². The first-order valence-corrected chi connectivity index (χ1v) is 11.1. The molecule has 0 spiro atoms. The summed E-state index contributed by atoms with van der Waals surface area (Å²) >= 11 is 0. The number of aryl methyl sites for hydroxylation is 2. The van der Waals surface area contributed by atoms with Crippen molar-refractivity contribution < 1.29 is 34.9 Å². The highest BCUT2D eigenvalue weighted by Gasteiger charge is 2.45. The van der Waals surface area contributed by atoms with Crippen molar-refractivity contribution in [2.75, 3.05) is 6.61 Å². The first-order chi connectivity index (χ1) is 15.9.